The van der Waals surface area contributed by atoms with Gasteiger partial charge in [0.2, 0.25) is 0 Å². The van der Waals surface area contributed by atoms with Crippen LogP contribution in [0.3, 0.4) is 0 Å². The van der Waals surface area contributed by atoms with Crippen LogP contribution in [-0.4, -0.2) is 6.10 Å². The highest BCUT2D eigenvalue weighted by atomic mass is 31.1. The summed E-state index contributed by atoms with van der Waals surface area (Å²) in [5.41, 5.74) is 0. The Kier molecular flexibility index (Phi) is 5.67. The average Bonchev–Trinajstić information content (AvgIpc) is 2.65. The van der Waals surface area contributed by atoms with Crippen LogP contribution in [0.25, 0.3) is 0 Å². The number of hydrogen-bond acceptors (Lipinski definition) is 1. The molecule has 3 rings (SSSR count). The monoisotopic (exact) mass is 334 g/mol. The van der Waals surface area contributed by atoms with Crippen molar-refractivity contribution in [2.45, 2.75) is 26.4 Å². The van der Waals surface area contributed by atoms with Crippen molar-refractivity contribution >= 4 is 23.8 Å². The molecule has 3 aromatic carbocycles. The Morgan fingerprint density at radius 3 is 1.79 bits per heavy atom. The normalized spacial score (nSPS) is 12.1. The van der Waals surface area contributed by atoms with E-state index < -0.39 is 7.92 Å². The molecule has 24 heavy (non-hydrogen) atoms. The van der Waals surface area contributed by atoms with Crippen LogP contribution in [0.4, 0.5) is 0 Å². The van der Waals surface area contributed by atoms with Crippen LogP contribution in [0.1, 0.15) is 20.3 Å². The number of rotatable bonds is 6. The smallest absolute Gasteiger partial charge is 0.128 e. The summed E-state index contributed by atoms with van der Waals surface area (Å²) in [6.07, 6.45) is 1.22. The quantitative estimate of drug-likeness (QED) is 0.598. The molecule has 0 radical (unpaired) electrons. The Hall–Kier alpha value is -2.11. The predicted molar refractivity (Wildman–Crippen MR) is 106 cm³/mol. The number of hydrogen-bond donors (Lipinski definition) is 0. The highest BCUT2D eigenvalue weighted by molar-refractivity contribution is 7.80. The van der Waals surface area contributed by atoms with E-state index in [0.717, 1.165) is 12.2 Å². The van der Waals surface area contributed by atoms with Gasteiger partial charge in [-0.2, -0.15) is 0 Å². The molecule has 3 aromatic rings. The molecule has 0 saturated heterocycles. The topological polar surface area (TPSA) is 9.23 Å². The van der Waals surface area contributed by atoms with Crippen molar-refractivity contribution in [3.05, 3.63) is 84.9 Å². The average molecular weight is 334 g/mol. The molecule has 0 saturated carbocycles. The lowest BCUT2D eigenvalue weighted by Gasteiger charge is -2.23. The van der Waals surface area contributed by atoms with Crippen molar-refractivity contribution in [3.8, 4) is 5.75 Å². The molecule has 0 spiro atoms. The molecule has 0 amide bonds. The highest BCUT2D eigenvalue weighted by Gasteiger charge is 2.20. The molecule has 0 N–H and O–H groups in total. The number of benzene rings is 3. The molecule has 122 valence electrons. The maximum absolute atomic E-state index is 6.23. The van der Waals surface area contributed by atoms with Crippen LogP contribution in [-0.2, 0) is 0 Å². The third-order valence-electron chi connectivity index (χ3n) is 4.04. The SMILES string of the molecule is CCC(C)Oc1ccccc1P(c1ccccc1)c1ccccc1. The zero-order chi connectivity index (χ0) is 16.8. The molecule has 0 bridgehead atoms. The van der Waals surface area contributed by atoms with Crippen LogP contribution < -0.4 is 20.7 Å². The minimum Gasteiger partial charge on any atom is -0.490 e. The van der Waals surface area contributed by atoms with E-state index in [1.54, 1.807) is 0 Å². The second-order valence-corrected chi connectivity index (χ2v) is 8.00. The Balaban J connectivity index is 2.10. The van der Waals surface area contributed by atoms with Crippen molar-refractivity contribution in [3.63, 3.8) is 0 Å². The fourth-order valence-corrected chi connectivity index (χ4v) is 5.00. The van der Waals surface area contributed by atoms with Gasteiger partial charge < -0.3 is 4.74 Å². The van der Waals surface area contributed by atoms with E-state index in [1.807, 2.05) is 0 Å². The molecule has 0 aliphatic carbocycles. The van der Waals surface area contributed by atoms with Gasteiger partial charge in [-0.15, -0.1) is 0 Å². The van der Waals surface area contributed by atoms with Crippen molar-refractivity contribution in [2.75, 3.05) is 0 Å². The lowest BCUT2D eigenvalue weighted by molar-refractivity contribution is 0.219. The van der Waals surface area contributed by atoms with Gasteiger partial charge in [0.05, 0.1) is 6.10 Å². The van der Waals surface area contributed by atoms with E-state index in [4.69, 9.17) is 4.74 Å². The predicted octanol–water partition coefficient (Wildman–Crippen LogP) is 4.62. The van der Waals surface area contributed by atoms with Crippen LogP contribution in [0.5, 0.6) is 5.75 Å². The third kappa shape index (κ3) is 3.86. The molecule has 1 unspecified atom stereocenters. The van der Waals surface area contributed by atoms with E-state index in [-0.39, 0.29) is 6.10 Å². The minimum absolute atomic E-state index is 0.217. The maximum atomic E-state index is 6.23. The van der Waals surface area contributed by atoms with Gasteiger partial charge in [0.25, 0.3) is 0 Å². The zero-order valence-electron chi connectivity index (χ0n) is 14.2. The lowest BCUT2D eigenvalue weighted by Crippen LogP contribution is -2.23. The molecule has 0 aliphatic rings. The lowest BCUT2D eigenvalue weighted by atomic mass is 10.3. The summed E-state index contributed by atoms with van der Waals surface area (Å²) in [5, 5.41) is 3.98. The van der Waals surface area contributed by atoms with Crippen LogP contribution in [0, 0.1) is 0 Å². The Labute approximate surface area is 146 Å². The molecule has 1 atom stereocenters. The standard InChI is InChI=1S/C22H23OP/c1-3-18(2)23-21-16-10-11-17-22(21)24(19-12-6-4-7-13-19)20-14-8-5-9-15-20/h4-18H,3H2,1-2H3. The molecule has 2 heteroatoms. The maximum Gasteiger partial charge on any atom is 0.128 e. The molecule has 0 heterocycles. The van der Waals surface area contributed by atoms with Crippen LogP contribution in [0.15, 0.2) is 84.9 Å². The summed E-state index contributed by atoms with van der Waals surface area (Å²) in [7, 11) is -0.627. The van der Waals surface area contributed by atoms with Crippen molar-refractivity contribution in [1.82, 2.24) is 0 Å². The summed E-state index contributed by atoms with van der Waals surface area (Å²) < 4.78 is 6.23. The molecule has 0 aromatic heterocycles. The van der Waals surface area contributed by atoms with Gasteiger partial charge in [0.15, 0.2) is 0 Å². The van der Waals surface area contributed by atoms with Crippen molar-refractivity contribution in [2.24, 2.45) is 0 Å². The number of para-hydroxylation sites is 1. The van der Waals surface area contributed by atoms with Crippen LogP contribution >= 0.6 is 7.92 Å². The first-order valence-electron chi connectivity index (χ1n) is 8.45. The molecule has 0 fully saturated rings. The third-order valence-corrected chi connectivity index (χ3v) is 6.52. The second-order valence-electron chi connectivity index (χ2n) is 5.81. The van der Waals surface area contributed by atoms with E-state index in [9.17, 15) is 0 Å². The molecular weight excluding hydrogens is 311 g/mol. The van der Waals surface area contributed by atoms with Gasteiger partial charge >= 0.3 is 0 Å². The Morgan fingerprint density at radius 2 is 1.25 bits per heavy atom. The van der Waals surface area contributed by atoms with Gasteiger partial charge in [-0.3, -0.25) is 0 Å². The summed E-state index contributed by atoms with van der Waals surface area (Å²) in [5.74, 6) is 1.01. The Morgan fingerprint density at radius 1 is 0.750 bits per heavy atom. The molecule has 1 nitrogen and oxygen atoms in total. The van der Waals surface area contributed by atoms with E-state index in [2.05, 4.69) is 98.8 Å². The van der Waals surface area contributed by atoms with Crippen molar-refractivity contribution in [1.29, 1.82) is 0 Å². The van der Waals surface area contributed by atoms with Gasteiger partial charge in [0, 0.05) is 5.30 Å². The first-order valence-corrected chi connectivity index (χ1v) is 9.79. The summed E-state index contributed by atoms with van der Waals surface area (Å²) in [4.78, 5) is 0. The van der Waals surface area contributed by atoms with Gasteiger partial charge in [-0.05, 0) is 37.9 Å². The van der Waals surface area contributed by atoms with Gasteiger partial charge in [-0.25, -0.2) is 0 Å². The molecular formula is C22H23OP. The highest BCUT2D eigenvalue weighted by Crippen LogP contribution is 2.36. The number of ether oxygens (including phenoxy) is 1. The van der Waals surface area contributed by atoms with E-state index in [0.29, 0.717) is 0 Å². The fourth-order valence-electron chi connectivity index (χ4n) is 2.62. The Bertz CT molecular complexity index is 716. The van der Waals surface area contributed by atoms with Crippen LogP contribution in [0.2, 0.25) is 0 Å². The summed E-state index contributed by atoms with van der Waals surface area (Å²) >= 11 is 0. The van der Waals surface area contributed by atoms with Crippen molar-refractivity contribution < 1.29 is 4.74 Å². The summed E-state index contributed by atoms with van der Waals surface area (Å²) in [6, 6.07) is 30.0. The summed E-state index contributed by atoms with van der Waals surface area (Å²) in [6.45, 7) is 4.29. The second kappa shape index (κ2) is 8.13. The molecule has 0 aliphatic heterocycles. The minimum atomic E-state index is -0.627. The largest absolute Gasteiger partial charge is 0.490 e. The first kappa shape index (κ1) is 16.7. The van der Waals surface area contributed by atoms with E-state index >= 15 is 0 Å². The van der Waals surface area contributed by atoms with E-state index in [1.165, 1.54) is 15.9 Å². The fraction of sp³-hybridized carbons (Fsp3) is 0.182. The zero-order valence-corrected chi connectivity index (χ0v) is 15.1. The van der Waals surface area contributed by atoms with Gasteiger partial charge in [-0.1, -0.05) is 85.8 Å². The first-order chi connectivity index (χ1) is 11.8. The van der Waals surface area contributed by atoms with Gasteiger partial charge in [0.1, 0.15) is 5.75 Å².